The Hall–Kier alpha value is -2.13. The molecular weight excluding hydrogens is 274 g/mol. The van der Waals surface area contributed by atoms with Gasteiger partial charge in [0.15, 0.2) is 0 Å². The van der Waals surface area contributed by atoms with E-state index in [0.29, 0.717) is 0 Å². The molecule has 114 valence electrons. The summed E-state index contributed by atoms with van der Waals surface area (Å²) < 4.78 is 0. The summed E-state index contributed by atoms with van der Waals surface area (Å²) in [6.45, 7) is 4.05. The summed E-state index contributed by atoms with van der Waals surface area (Å²) in [4.78, 5) is 14.0. The average Bonchev–Trinajstić information content (AvgIpc) is 2.78. The van der Waals surface area contributed by atoms with Crippen molar-refractivity contribution in [1.29, 1.82) is 0 Å². The van der Waals surface area contributed by atoms with Crippen molar-refractivity contribution in [1.82, 2.24) is 0 Å². The Balaban J connectivity index is 1.99. The maximum Gasteiger partial charge on any atom is 0.234 e. The van der Waals surface area contributed by atoms with E-state index in [-0.39, 0.29) is 11.8 Å². The third-order valence-electron chi connectivity index (χ3n) is 4.53. The lowest BCUT2D eigenvalue weighted by Crippen LogP contribution is -2.23. The lowest BCUT2D eigenvalue weighted by Gasteiger charge is -2.15. The van der Waals surface area contributed by atoms with Gasteiger partial charge in [0.05, 0.1) is 5.92 Å². The van der Waals surface area contributed by atoms with Gasteiger partial charge in [-0.05, 0) is 42.2 Å². The minimum Gasteiger partial charge on any atom is -0.384 e. The lowest BCUT2D eigenvalue weighted by atomic mass is 9.93. The van der Waals surface area contributed by atoms with Crippen molar-refractivity contribution in [2.45, 2.75) is 32.3 Å². The van der Waals surface area contributed by atoms with Crippen molar-refractivity contribution < 1.29 is 9.90 Å². The van der Waals surface area contributed by atoms with Crippen LogP contribution in [0, 0.1) is 6.92 Å². The van der Waals surface area contributed by atoms with Crippen LogP contribution in [0.15, 0.2) is 42.5 Å². The molecule has 0 spiro atoms. The highest BCUT2D eigenvalue weighted by molar-refractivity contribution is 6.04. The van der Waals surface area contributed by atoms with Crippen molar-refractivity contribution in [2.75, 3.05) is 11.9 Å². The zero-order valence-electron chi connectivity index (χ0n) is 13.2. The molecule has 0 aliphatic carbocycles. The number of anilines is 1. The maximum atomic E-state index is 12.2. The first-order valence-electron chi connectivity index (χ1n) is 7.69. The number of benzene rings is 2. The van der Waals surface area contributed by atoms with Crippen LogP contribution in [-0.4, -0.2) is 18.1 Å². The Kier molecular flexibility index (Phi) is 3.75. The van der Waals surface area contributed by atoms with Crippen LogP contribution in [0.4, 0.5) is 5.69 Å². The van der Waals surface area contributed by atoms with Crippen molar-refractivity contribution in [3.05, 3.63) is 64.7 Å². The van der Waals surface area contributed by atoms with Crippen LogP contribution in [0.3, 0.4) is 0 Å². The van der Waals surface area contributed by atoms with Gasteiger partial charge in [-0.2, -0.15) is 0 Å². The van der Waals surface area contributed by atoms with E-state index in [2.05, 4.69) is 0 Å². The summed E-state index contributed by atoms with van der Waals surface area (Å²) >= 11 is 0. The van der Waals surface area contributed by atoms with E-state index >= 15 is 0 Å². The van der Waals surface area contributed by atoms with E-state index in [4.69, 9.17) is 0 Å². The van der Waals surface area contributed by atoms with E-state index in [1.54, 1.807) is 4.90 Å². The molecule has 22 heavy (non-hydrogen) atoms. The normalized spacial score (nSPS) is 18.5. The number of nitrogens with zero attached hydrogens (tertiary/aromatic N) is 1. The van der Waals surface area contributed by atoms with Gasteiger partial charge in [-0.1, -0.05) is 42.8 Å². The monoisotopic (exact) mass is 295 g/mol. The number of rotatable bonds is 3. The van der Waals surface area contributed by atoms with Gasteiger partial charge in [-0.15, -0.1) is 0 Å². The number of carbonyl (C=O) groups is 1. The molecular formula is C19H21NO2. The van der Waals surface area contributed by atoms with Crippen LogP contribution in [0.2, 0.25) is 0 Å². The van der Waals surface area contributed by atoms with Gasteiger partial charge in [0.2, 0.25) is 5.91 Å². The van der Waals surface area contributed by atoms with Gasteiger partial charge < -0.3 is 10.0 Å². The molecule has 2 atom stereocenters. The van der Waals surface area contributed by atoms with Crippen LogP contribution in [0.5, 0.6) is 0 Å². The minimum absolute atomic E-state index is 0.0924. The van der Waals surface area contributed by atoms with Crippen molar-refractivity contribution in [3.8, 4) is 0 Å². The van der Waals surface area contributed by atoms with Gasteiger partial charge in [0.25, 0.3) is 0 Å². The molecule has 0 radical (unpaired) electrons. The van der Waals surface area contributed by atoms with Gasteiger partial charge in [0, 0.05) is 12.7 Å². The molecule has 1 N–H and O–H groups in total. The highest BCUT2D eigenvalue weighted by atomic mass is 16.3. The highest BCUT2D eigenvalue weighted by Gasteiger charge is 2.34. The Morgan fingerprint density at radius 2 is 1.77 bits per heavy atom. The second kappa shape index (κ2) is 5.58. The number of aryl methyl sites for hydroxylation is 1. The van der Waals surface area contributed by atoms with Gasteiger partial charge in [-0.3, -0.25) is 4.79 Å². The van der Waals surface area contributed by atoms with E-state index in [1.807, 2.05) is 63.4 Å². The maximum absolute atomic E-state index is 12.2. The lowest BCUT2D eigenvalue weighted by molar-refractivity contribution is -0.119. The Morgan fingerprint density at radius 3 is 2.41 bits per heavy atom. The van der Waals surface area contributed by atoms with Crippen LogP contribution >= 0.6 is 0 Å². The van der Waals surface area contributed by atoms with Gasteiger partial charge in [-0.25, -0.2) is 0 Å². The zero-order valence-corrected chi connectivity index (χ0v) is 13.2. The van der Waals surface area contributed by atoms with E-state index < -0.39 is 6.10 Å². The first-order valence-corrected chi connectivity index (χ1v) is 7.69. The third-order valence-corrected chi connectivity index (χ3v) is 4.53. The molecule has 0 aromatic heterocycles. The number of amides is 1. The number of aliphatic hydroxyl groups is 1. The smallest absolute Gasteiger partial charge is 0.234 e. The summed E-state index contributed by atoms with van der Waals surface area (Å²) in [6, 6.07) is 13.7. The molecule has 3 rings (SSSR count). The summed E-state index contributed by atoms with van der Waals surface area (Å²) in [7, 11) is 1.81. The zero-order chi connectivity index (χ0) is 15.9. The molecule has 1 aliphatic heterocycles. The number of fused-ring (bicyclic) bond motifs is 1. The summed E-state index contributed by atoms with van der Waals surface area (Å²) in [5.41, 5.74) is 4.86. The SMILES string of the molecule is CCC1C(=O)N(C)c2ccc(C(O)c3ccc(C)cc3)cc21. The Morgan fingerprint density at radius 1 is 1.14 bits per heavy atom. The minimum atomic E-state index is -0.663. The molecule has 0 bridgehead atoms. The number of carbonyl (C=O) groups excluding carboxylic acids is 1. The number of aliphatic hydroxyl groups excluding tert-OH is 1. The molecule has 3 heteroatoms. The predicted octanol–water partition coefficient (Wildman–Crippen LogP) is 3.55. The average molecular weight is 295 g/mol. The fourth-order valence-corrected chi connectivity index (χ4v) is 3.15. The summed E-state index contributed by atoms with van der Waals surface area (Å²) in [5.74, 6) is 0.0460. The van der Waals surface area contributed by atoms with E-state index in [9.17, 15) is 9.90 Å². The highest BCUT2D eigenvalue weighted by Crippen LogP contribution is 2.40. The fourth-order valence-electron chi connectivity index (χ4n) is 3.15. The third kappa shape index (κ3) is 2.32. The first kappa shape index (κ1) is 14.8. The first-order chi connectivity index (χ1) is 10.5. The molecule has 1 aliphatic rings. The molecule has 2 aromatic carbocycles. The van der Waals surface area contributed by atoms with Crippen molar-refractivity contribution in [2.24, 2.45) is 0 Å². The van der Waals surface area contributed by atoms with Crippen LogP contribution in [0.1, 0.15) is 47.6 Å². The van der Waals surface area contributed by atoms with E-state index in [1.165, 1.54) is 5.56 Å². The van der Waals surface area contributed by atoms with Crippen LogP contribution in [0.25, 0.3) is 0 Å². The largest absolute Gasteiger partial charge is 0.384 e. The summed E-state index contributed by atoms with van der Waals surface area (Å²) in [5, 5.41) is 10.6. The predicted molar refractivity (Wildman–Crippen MR) is 88.1 cm³/mol. The molecule has 2 unspecified atom stereocenters. The molecule has 0 saturated carbocycles. The molecule has 0 saturated heterocycles. The second-order valence-corrected chi connectivity index (χ2v) is 5.99. The van der Waals surface area contributed by atoms with Gasteiger partial charge >= 0.3 is 0 Å². The fraction of sp³-hybridized carbons (Fsp3) is 0.316. The molecule has 1 amide bonds. The van der Waals surface area contributed by atoms with Crippen LogP contribution in [-0.2, 0) is 4.79 Å². The molecule has 3 nitrogen and oxygen atoms in total. The second-order valence-electron chi connectivity index (χ2n) is 5.99. The number of hydrogen-bond donors (Lipinski definition) is 1. The van der Waals surface area contributed by atoms with E-state index in [0.717, 1.165) is 28.8 Å². The molecule has 2 aromatic rings. The quantitative estimate of drug-likeness (QED) is 0.940. The number of hydrogen-bond acceptors (Lipinski definition) is 2. The standard InChI is InChI=1S/C19H21NO2/c1-4-15-16-11-14(9-10-17(16)20(3)19(15)22)18(21)13-7-5-12(2)6-8-13/h5-11,15,18,21H,4H2,1-3H3. The molecule has 0 fully saturated rings. The van der Waals surface area contributed by atoms with Crippen LogP contribution < -0.4 is 4.90 Å². The van der Waals surface area contributed by atoms with Gasteiger partial charge in [0.1, 0.15) is 6.10 Å². The molecule has 1 heterocycles. The Labute approximate surface area is 131 Å². The number of likely N-dealkylation sites (N-methyl/N-ethyl adjacent to an activating group) is 1. The Bertz CT molecular complexity index is 706. The van der Waals surface area contributed by atoms with Crippen molar-refractivity contribution in [3.63, 3.8) is 0 Å². The topological polar surface area (TPSA) is 40.5 Å². The van der Waals surface area contributed by atoms with Crippen molar-refractivity contribution >= 4 is 11.6 Å². The summed E-state index contributed by atoms with van der Waals surface area (Å²) in [6.07, 6.45) is 0.115.